The molecule has 0 spiro atoms. The number of aryl methyl sites for hydroxylation is 1. The molecule has 2 N–H and O–H groups in total. The largest absolute Gasteiger partial charge is 0.326 e. The molecule has 0 saturated carbocycles. The first-order valence-corrected chi connectivity index (χ1v) is 10.3. The van der Waals surface area contributed by atoms with Crippen molar-refractivity contribution in [3.8, 4) is 11.1 Å². The normalized spacial score (nSPS) is 11.8. The minimum Gasteiger partial charge on any atom is -0.326 e. The molecule has 1 nitrogen and oxygen atoms in total. The average Bonchev–Trinajstić information content (AvgIpc) is 2.75. The lowest BCUT2D eigenvalue weighted by Gasteiger charge is -2.18. The summed E-state index contributed by atoms with van der Waals surface area (Å²) in [6.45, 7) is 2.85. The van der Waals surface area contributed by atoms with Crippen molar-refractivity contribution in [1.82, 2.24) is 0 Å². The van der Waals surface area contributed by atoms with Crippen LogP contribution in [0.15, 0.2) is 72.8 Å². The Balaban J connectivity index is 1.88. The third kappa shape index (κ3) is 2.66. The van der Waals surface area contributed by atoms with E-state index >= 15 is 0 Å². The van der Waals surface area contributed by atoms with Crippen molar-refractivity contribution in [3.63, 3.8) is 0 Å². The summed E-state index contributed by atoms with van der Waals surface area (Å²) in [5.74, 6) is 0. The fraction of sp³-hybridized carbons (Fsp3) is 0.185. The topological polar surface area (TPSA) is 26.0 Å². The Hall–Kier alpha value is -2.90. The SMILES string of the molecule is CCCCc1cc2ccc3cccc4ccc(c1-c1ccc(CN)cc1)c2c34. The van der Waals surface area contributed by atoms with Crippen LogP contribution in [0.3, 0.4) is 0 Å². The van der Waals surface area contributed by atoms with E-state index in [1.807, 2.05) is 0 Å². The molecule has 5 aromatic rings. The average molecular weight is 364 g/mol. The second-order valence-electron chi connectivity index (χ2n) is 7.77. The van der Waals surface area contributed by atoms with Gasteiger partial charge in [-0.25, -0.2) is 0 Å². The molecule has 28 heavy (non-hydrogen) atoms. The Bertz CT molecular complexity index is 1250. The molecule has 0 aliphatic heterocycles. The first-order chi connectivity index (χ1) is 13.8. The molecule has 0 atom stereocenters. The van der Waals surface area contributed by atoms with E-state index in [0.29, 0.717) is 6.54 Å². The summed E-state index contributed by atoms with van der Waals surface area (Å²) >= 11 is 0. The van der Waals surface area contributed by atoms with Crippen LogP contribution < -0.4 is 5.73 Å². The third-order valence-electron chi connectivity index (χ3n) is 6.01. The maximum Gasteiger partial charge on any atom is 0.0178 e. The van der Waals surface area contributed by atoms with Crippen molar-refractivity contribution in [2.75, 3.05) is 0 Å². The van der Waals surface area contributed by atoms with Crippen LogP contribution in [0.5, 0.6) is 0 Å². The minimum absolute atomic E-state index is 0.585. The van der Waals surface area contributed by atoms with Gasteiger partial charge in [0.1, 0.15) is 0 Å². The van der Waals surface area contributed by atoms with Gasteiger partial charge in [-0.1, -0.05) is 86.1 Å². The van der Waals surface area contributed by atoms with Crippen LogP contribution in [0.4, 0.5) is 0 Å². The van der Waals surface area contributed by atoms with Crippen LogP contribution in [0.2, 0.25) is 0 Å². The molecule has 0 bridgehead atoms. The highest BCUT2D eigenvalue weighted by atomic mass is 14.5. The molecule has 0 fully saturated rings. The van der Waals surface area contributed by atoms with E-state index in [2.05, 4.69) is 79.7 Å². The standard InChI is InChI=1S/C27H25N/c1-2-3-5-22-16-23-13-12-19-6-4-7-20-14-15-24(27(23)26(19)20)25(22)21-10-8-18(17-28)9-11-21/h4,6-16H,2-3,5,17,28H2,1H3. The lowest BCUT2D eigenvalue weighted by atomic mass is 9.85. The number of nitrogens with two attached hydrogens (primary N) is 1. The molecule has 0 radical (unpaired) electrons. The van der Waals surface area contributed by atoms with E-state index in [1.54, 1.807) is 0 Å². The zero-order valence-electron chi connectivity index (χ0n) is 16.3. The smallest absolute Gasteiger partial charge is 0.0178 e. The lowest BCUT2D eigenvalue weighted by molar-refractivity contribution is 0.797. The van der Waals surface area contributed by atoms with Gasteiger partial charge in [0.15, 0.2) is 0 Å². The fourth-order valence-corrected chi connectivity index (χ4v) is 4.58. The molecule has 0 aliphatic carbocycles. The number of rotatable bonds is 5. The van der Waals surface area contributed by atoms with Crippen LogP contribution >= 0.6 is 0 Å². The Morgan fingerprint density at radius 2 is 1.46 bits per heavy atom. The Morgan fingerprint density at radius 1 is 0.750 bits per heavy atom. The van der Waals surface area contributed by atoms with Gasteiger partial charge < -0.3 is 5.73 Å². The monoisotopic (exact) mass is 363 g/mol. The van der Waals surface area contributed by atoms with Gasteiger partial charge >= 0.3 is 0 Å². The lowest BCUT2D eigenvalue weighted by Crippen LogP contribution is -1.97. The van der Waals surface area contributed by atoms with E-state index in [-0.39, 0.29) is 0 Å². The molecule has 0 aromatic heterocycles. The molecule has 0 heterocycles. The highest BCUT2D eigenvalue weighted by molar-refractivity contribution is 6.25. The Labute approximate surface area is 166 Å². The van der Waals surface area contributed by atoms with Gasteiger partial charge in [-0.15, -0.1) is 0 Å². The third-order valence-corrected chi connectivity index (χ3v) is 6.01. The van der Waals surface area contributed by atoms with Crippen molar-refractivity contribution >= 4 is 32.3 Å². The van der Waals surface area contributed by atoms with Crippen LogP contribution in [-0.4, -0.2) is 0 Å². The second kappa shape index (κ2) is 6.92. The fourth-order valence-electron chi connectivity index (χ4n) is 4.58. The molecule has 5 aromatic carbocycles. The molecule has 138 valence electrons. The highest BCUT2D eigenvalue weighted by Crippen LogP contribution is 2.41. The van der Waals surface area contributed by atoms with Crippen molar-refractivity contribution in [2.24, 2.45) is 5.73 Å². The van der Waals surface area contributed by atoms with Gasteiger partial charge in [0.25, 0.3) is 0 Å². The van der Waals surface area contributed by atoms with Crippen LogP contribution in [0.25, 0.3) is 43.4 Å². The van der Waals surface area contributed by atoms with Crippen LogP contribution in [0, 0.1) is 0 Å². The molecule has 5 rings (SSSR count). The Kier molecular flexibility index (Phi) is 4.26. The first-order valence-electron chi connectivity index (χ1n) is 10.3. The van der Waals surface area contributed by atoms with Crippen molar-refractivity contribution in [2.45, 2.75) is 32.7 Å². The molecular weight excluding hydrogens is 338 g/mol. The molecule has 0 amide bonds. The zero-order valence-corrected chi connectivity index (χ0v) is 16.3. The summed E-state index contributed by atoms with van der Waals surface area (Å²) in [5, 5.41) is 8.15. The maximum atomic E-state index is 5.82. The quantitative estimate of drug-likeness (QED) is 0.333. The number of unbranched alkanes of at least 4 members (excludes halogenated alkanes) is 1. The summed E-state index contributed by atoms with van der Waals surface area (Å²) in [7, 11) is 0. The van der Waals surface area contributed by atoms with E-state index < -0.39 is 0 Å². The predicted octanol–water partition coefficient (Wildman–Crippen LogP) is 7.05. The second-order valence-corrected chi connectivity index (χ2v) is 7.77. The van der Waals surface area contributed by atoms with E-state index in [1.165, 1.54) is 67.4 Å². The van der Waals surface area contributed by atoms with Gasteiger partial charge in [-0.3, -0.25) is 0 Å². The minimum atomic E-state index is 0.585. The summed E-state index contributed by atoms with van der Waals surface area (Å²) in [6, 6.07) is 27.0. The number of hydrogen-bond donors (Lipinski definition) is 1. The van der Waals surface area contributed by atoms with E-state index in [0.717, 1.165) is 6.42 Å². The van der Waals surface area contributed by atoms with Crippen molar-refractivity contribution in [1.29, 1.82) is 0 Å². The van der Waals surface area contributed by atoms with E-state index in [9.17, 15) is 0 Å². The van der Waals surface area contributed by atoms with Crippen molar-refractivity contribution < 1.29 is 0 Å². The zero-order chi connectivity index (χ0) is 19.1. The summed E-state index contributed by atoms with van der Waals surface area (Å²) < 4.78 is 0. The number of benzene rings is 5. The molecule has 1 heteroatoms. The summed E-state index contributed by atoms with van der Waals surface area (Å²) in [6.07, 6.45) is 3.53. The van der Waals surface area contributed by atoms with Gasteiger partial charge in [0, 0.05) is 6.54 Å². The van der Waals surface area contributed by atoms with Gasteiger partial charge in [0.05, 0.1) is 0 Å². The number of hydrogen-bond acceptors (Lipinski definition) is 1. The van der Waals surface area contributed by atoms with Crippen molar-refractivity contribution in [3.05, 3.63) is 83.9 Å². The summed E-state index contributed by atoms with van der Waals surface area (Å²) in [5.41, 5.74) is 11.1. The first kappa shape index (κ1) is 17.2. The van der Waals surface area contributed by atoms with E-state index in [4.69, 9.17) is 5.73 Å². The van der Waals surface area contributed by atoms with Gasteiger partial charge in [0.2, 0.25) is 0 Å². The van der Waals surface area contributed by atoms with Gasteiger partial charge in [-0.05, 0) is 67.4 Å². The maximum absolute atomic E-state index is 5.82. The molecular formula is C27H25N. The molecule has 0 unspecified atom stereocenters. The molecule has 0 saturated heterocycles. The van der Waals surface area contributed by atoms with Crippen LogP contribution in [-0.2, 0) is 13.0 Å². The van der Waals surface area contributed by atoms with Crippen LogP contribution in [0.1, 0.15) is 30.9 Å². The summed E-state index contributed by atoms with van der Waals surface area (Å²) in [4.78, 5) is 0. The highest BCUT2D eigenvalue weighted by Gasteiger charge is 2.15. The molecule has 0 aliphatic rings. The Morgan fingerprint density at radius 3 is 2.18 bits per heavy atom. The predicted molar refractivity (Wildman–Crippen MR) is 122 cm³/mol. The van der Waals surface area contributed by atoms with Gasteiger partial charge in [-0.2, -0.15) is 0 Å².